The Bertz CT molecular complexity index is 380. The topological polar surface area (TPSA) is 81.6 Å². The van der Waals surface area contributed by atoms with Crippen molar-refractivity contribution in [3.8, 4) is 0 Å². The lowest BCUT2D eigenvalue weighted by atomic mass is 9.84. The summed E-state index contributed by atoms with van der Waals surface area (Å²) in [5, 5.41) is 3.12. The Kier molecular flexibility index (Phi) is 2.80. The minimum atomic E-state index is -0.924. The normalized spacial score (nSPS) is 40.2. The van der Waals surface area contributed by atoms with E-state index in [-0.39, 0.29) is 12.5 Å². The van der Waals surface area contributed by atoms with Crippen LogP contribution in [0.2, 0.25) is 0 Å². The van der Waals surface area contributed by atoms with Gasteiger partial charge in [-0.2, -0.15) is 0 Å². The van der Waals surface area contributed by atoms with Crippen molar-refractivity contribution in [3.63, 3.8) is 0 Å². The number of rotatable bonds is 1. The average Bonchev–Trinajstić information content (AvgIpc) is 3.03. The Morgan fingerprint density at radius 3 is 2.83 bits per heavy atom. The van der Waals surface area contributed by atoms with Crippen LogP contribution in [-0.2, 0) is 23.6 Å². The van der Waals surface area contributed by atoms with Gasteiger partial charge in [0.25, 0.3) is 0 Å². The SMILES string of the molecule is [CH2-][NH+]1CC(=O)OB(C2CO2)OC(=O)[C@@]12CCCN2. The van der Waals surface area contributed by atoms with Gasteiger partial charge in [-0.1, -0.05) is 0 Å². The molecule has 3 aliphatic rings. The van der Waals surface area contributed by atoms with E-state index in [1.165, 1.54) is 0 Å². The number of carbonyl (C=O) groups is 2. The number of hydrogen-bond acceptors (Lipinski definition) is 6. The van der Waals surface area contributed by atoms with Gasteiger partial charge in [0.15, 0.2) is 6.54 Å². The molecule has 3 atom stereocenters. The molecule has 3 heterocycles. The van der Waals surface area contributed by atoms with Crippen LogP contribution in [0.3, 0.4) is 0 Å². The van der Waals surface area contributed by atoms with E-state index in [0.717, 1.165) is 6.42 Å². The zero-order chi connectivity index (χ0) is 12.8. The predicted molar refractivity (Wildman–Crippen MR) is 58.8 cm³/mol. The molecular formula is C10H15BN2O5. The van der Waals surface area contributed by atoms with Gasteiger partial charge in [0.2, 0.25) is 5.66 Å². The van der Waals surface area contributed by atoms with Crippen molar-refractivity contribution < 1.29 is 28.5 Å². The summed E-state index contributed by atoms with van der Waals surface area (Å²) in [5.74, 6) is -0.848. The summed E-state index contributed by atoms with van der Waals surface area (Å²) in [5.41, 5.74) is -0.924. The quantitative estimate of drug-likeness (QED) is 0.300. The van der Waals surface area contributed by atoms with Crippen molar-refractivity contribution in [2.75, 3.05) is 19.7 Å². The minimum absolute atomic E-state index is 0.0331. The largest absolute Gasteiger partial charge is 0.632 e. The van der Waals surface area contributed by atoms with Gasteiger partial charge in [0, 0.05) is 13.0 Å². The molecule has 8 heteroatoms. The van der Waals surface area contributed by atoms with Gasteiger partial charge in [-0.15, -0.1) is 7.05 Å². The van der Waals surface area contributed by atoms with E-state index in [2.05, 4.69) is 12.4 Å². The standard InChI is InChI=1S/C10H15BN2O5/c1-13-5-8(14)17-11(7-6-16-7)18-9(15)10(13)3-2-4-12-10/h7,12-13H,1-6H2/t7?,10-/m1/s1. The molecule has 3 rings (SSSR count). The van der Waals surface area contributed by atoms with Crippen LogP contribution in [0.4, 0.5) is 0 Å². The van der Waals surface area contributed by atoms with Gasteiger partial charge in [-0.3, -0.25) is 5.32 Å². The third-order valence-electron chi connectivity index (χ3n) is 3.60. The molecule has 18 heavy (non-hydrogen) atoms. The van der Waals surface area contributed by atoms with Gasteiger partial charge in [-0.25, -0.2) is 9.59 Å². The van der Waals surface area contributed by atoms with Crippen LogP contribution in [0.25, 0.3) is 0 Å². The first kappa shape index (κ1) is 11.9. The highest BCUT2D eigenvalue weighted by atomic mass is 16.7. The zero-order valence-corrected chi connectivity index (χ0v) is 9.94. The summed E-state index contributed by atoms with van der Waals surface area (Å²) in [7, 11) is 2.92. The molecule has 0 saturated carbocycles. The molecule has 3 saturated heterocycles. The highest BCUT2D eigenvalue weighted by Gasteiger charge is 2.55. The van der Waals surface area contributed by atoms with E-state index in [1.54, 1.807) is 0 Å². The third-order valence-corrected chi connectivity index (χ3v) is 3.60. The number of ether oxygens (including phenoxy) is 1. The average molecular weight is 254 g/mol. The lowest BCUT2D eigenvalue weighted by Crippen LogP contribution is -3.20. The molecule has 0 amide bonds. The van der Waals surface area contributed by atoms with Crippen LogP contribution in [0.15, 0.2) is 0 Å². The number of epoxide rings is 1. The minimum Gasteiger partial charge on any atom is -0.493 e. The monoisotopic (exact) mass is 254 g/mol. The smallest absolute Gasteiger partial charge is 0.493 e. The van der Waals surface area contributed by atoms with Gasteiger partial charge in [0.05, 0.1) is 6.61 Å². The number of carbonyl (C=O) groups excluding carboxylic acids is 2. The van der Waals surface area contributed by atoms with E-state index >= 15 is 0 Å². The zero-order valence-electron chi connectivity index (χ0n) is 9.94. The van der Waals surface area contributed by atoms with Crippen LogP contribution < -0.4 is 10.2 Å². The maximum Gasteiger partial charge on any atom is 0.632 e. The molecule has 0 aromatic rings. The lowest BCUT2D eigenvalue weighted by Gasteiger charge is -2.39. The van der Waals surface area contributed by atoms with Crippen LogP contribution in [0, 0.1) is 7.05 Å². The van der Waals surface area contributed by atoms with E-state index in [1.807, 2.05) is 0 Å². The molecular weight excluding hydrogens is 239 g/mol. The van der Waals surface area contributed by atoms with Crippen LogP contribution in [-0.4, -0.2) is 50.4 Å². The van der Waals surface area contributed by atoms with Crippen LogP contribution in [0.1, 0.15) is 12.8 Å². The first-order valence-corrected chi connectivity index (χ1v) is 6.07. The molecule has 98 valence electrons. The highest BCUT2D eigenvalue weighted by molar-refractivity contribution is 6.51. The second kappa shape index (κ2) is 4.22. The molecule has 3 aliphatic heterocycles. The van der Waals surface area contributed by atoms with E-state index in [4.69, 9.17) is 14.0 Å². The molecule has 2 unspecified atom stereocenters. The van der Waals surface area contributed by atoms with Crippen molar-refractivity contribution in [1.82, 2.24) is 5.32 Å². The fourth-order valence-corrected chi connectivity index (χ4v) is 2.46. The maximum absolute atomic E-state index is 12.3. The number of quaternary nitrogens is 1. The Morgan fingerprint density at radius 2 is 2.22 bits per heavy atom. The molecule has 7 nitrogen and oxygen atoms in total. The van der Waals surface area contributed by atoms with E-state index in [9.17, 15) is 9.59 Å². The van der Waals surface area contributed by atoms with Crippen molar-refractivity contribution in [1.29, 1.82) is 0 Å². The molecule has 2 N–H and O–H groups in total. The second-order valence-corrected chi connectivity index (χ2v) is 4.85. The van der Waals surface area contributed by atoms with Crippen molar-refractivity contribution in [2.45, 2.75) is 24.5 Å². The second-order valence-electron chi connectivity index (χ2n) is 4.85. The summed E-state index contributed by atoms with van der Waals surface area (Å²) in [4.78, 5) is 24.5. The van der Waals surface area contributed by atoms with Gasteiger partial charge < -0.3 is 18.9 Å². The highest BCUT2D eigenvalue weighted by Crippen LogP contribution is 2.21. The fraction of sp³-hybridized carbons (Fsp3) is 0.700. The number of nitrogens with one attached hydrogen (secondary N) is 2. The molecule has 0 bridgehead atoms. The Hall–Kier alpha value is -1.12. The summed E-state index contributed by atoms with van der Waals surface area (Å²) >= 11 is 0. The Morgan fingerprint density at radius 1 is 1.44 bits per heavy atom. The lowest BCUT2D eigenvalue weighted by molar-refractivity contribution is -0.895. The molecule has 1 spiro atoms. The van der Waals surface area contributed by atoms with E-state index < -0.39 is 24.7 Å². The summed E-state index contributed by atoms with van der Waals surface area (Å²) in [6, 6.07) is -0.317. The van der Waals surface area contributed by atoms with E-state index in [0.29, 0.717) is 24.5 Å². The van der Waals surface area contributed by atoms with Gasteiger partial charge >= 0.3 is 19.1 Å². The molecule has 0 aliphatic carbocycles. The summed E-state index contributed by atoms with van der Waals surface area (Å²) < 4.78 is 15.3. The van der Waals surface area contributed by atoms with Crippen LogP contribution in [0.5, 0.6) is 0 Å². The Balaban J connectivity index is 1.84. The van der Waals surface area contributed by atoms with Crippen LogP contribution >= 0.6 is 0 Å². The molecule has 0 aromatic carbocycles. The molecule has 3 fully saturated rings. The first-order valence-electron chi connectivity index (χ1n) is 6.07. The van der Waals surface area contributed by atoms with Gasteiger partial charge in [-0.05, 0) is 6.42 Å². The molecule has 0 radical (unpaired) electrons. The maximum atomic E-state index is 12.3. The fourth-order valence-electron chi connectivity index (χ4n) is 2.46. The summed E-state index contributed by atoms with van der Waals surface area (Å²) in [6.07, 6.45) is 1.46. The van der Waals surface area contributed by atoms with Crippen molar-refractivity contribution in [2.24, 2.45) is 0 Å². The third kappa shape index (κ3) is 1.90. The summed E-state index contributed by atoms with van der Waals surface area (Å²) in [6.45, 7) is 1.20. The molecule has 0 aromatic heterocycles. The Labute approximate surface area is 105 Å². The first-order chi connectivity index (χ1) is 8.62. The van der Waals surface area contributed by atoms with Gasteiger partial charge in [0.1, 0.15) is 6.00 Å². The number of hydrogen-bond donors (Lipinski definition) is 2. The van der Waals surface area contributed by atoms with Crippen molar-refractivity contribution >= 4 is 19.1 Å². The predicted octanol–water partition coefficient (Wildman–Crippen LogP) is -2.73. The van der Waals surface area contributed by atoms with Crippen molar-refractivity contribution in [3.05, 3.63) is 7.05 Å².